The molecule has 1 unspecified atom stereocenters. The molecule has 1 aliphatic heterocycles. The maximum Gasteiger partial charge on any atom is 0.154 e. The van der Waals surface area contributed by atoms with Crippen LogP contribution in [0.25, 0.3) is 0 Å². The smallest absolute Gasteiger partial charge is 0.154 e. The first-order valence-electron chi connectivity index (χ1n) is 5.60. The lowest BCUT2D eigenvalue weighted by Gasteiger charge is -2.30. The summed E-state index contributed by atoms with van der Waals surface area (Å²) in [6, 6.07) is 2.41. The third-order valence-electron chi connectivity index (χ3n) is 2.90. The van der Waals surface area contributed by atoms with Crippen LogP contribution in [0.1, 0.15) is 18.4 Å². The summed E-state index contributed by atoms with van der Waals surface area (Å²) in [6.07, 6.45) is 2.42. The van der Waals surface area contributed by atoms with Gasteiger partial charge in [0.15, 0.2) is 5.15 Å². The second-order valence-electron chi connectivity index (χ2n) is 4.45. The van der Waals surface area contributed by atoms with Crippen molar-refractivity contribution in [3.8, 4) is 0 Å². The number of halogens is 1. The van der Waals surface area contributed by atoms with E-state index in [0.29, 0.717) is 11.2 Å². The van der Waals surface area contributed by atoms with Crippen molar-refractivity contribution in [2.45, 2.75) is 25.8 Å². The van der Waals surface area contributed by atoms with Crippen molar-refractivity contribution in [3.63, 3.8) is 0 Å². The van der Waals surface area contributed by atoms with Gasteiger partial charge in [0.05, 0.1) is 0 Å². The zero-order valence-electron chi connectivity index (χ0n) is 9.70. The molecule has 0 aromatic carbocycles. The van der Waals surface area contributed by atoms with Gasteiger partial charge in [0.1, 0.15) is 5.82 Å². The minimum absolute atomic E-state index is 0.466. The lowest BCUT2D eigenvalue weighted by Crippen LogP contribution is -2.39. The molecule has 0 aliphatic carbocycles. The molecule has 5 heteroatoms. The molecule has 0 radical (unpaired) electrons. The van der Waals surface area contributed by atoms with Gasteiger partial charge in [0.25, 0.3) is 0 Å². The van der Waals surface area contributed by atoms with Gasteiger partial charge >= 0.3 is 0 Å². The predicted molar refractivity (Wildman–Crippen MR) is 65.9 cm³/mol. The highest BCUT2D eigenvalue weighted by atomic mass is 35.5. The van der Waals surface area contributed by atoms with E-state index in [-0.39, 0.29) is 0 Å². The number of nitrogens with one attached hydrogen (secondary N) is 1. The van der Waals surface area contributed by atoms with Gasteiger partial charge in [-0.1, -0.05) is 11.6 Å². The van der Waals surface area contributed by atoms with E-state index in [9.17, 15) is 0 Å². The highest BCUT2D eigenvalue weighted by Crippen LogP contribution is 2.17. The van der Waals surface area contributed by atoms with Crippen LogP contribution in [-0.4, -0.2) is 41.3 Å². The number of aryl methyl sites for hydroxylation is 1. The molecular formula is C11H17ClN4. The number of nitrogens with zero attached hydrogens (tertiary/aromatic N) is 3. The van der Waals surface area contributed by atoms with Crippen molar-refractivity contribution in [1.29, 1.82) is 0 Å². The van der Waals surface area contributed by atoms with E-state index in [4.69, 9.17) is 11.6 Å². The van der Waals surface area contributed by atoms with Gasteiger partial charge in [-0.3, -0.25) is 0 Å². The van der Waals surface area contributed by atoms with Crippen molar-refractivity contribution < 1.29 is 0 Å². The first-order valence-corrected chi connectivity index (χ1v) is 5.98. The molecule has 0 bridgehead atoms. The van der Waals surface area contributed by atoms with E-state index in [2.05, 4.69) is 27.5 Å². The first-order chi connectivity index (χ1) is 7.65. The molecule has 0 saturated carbocycles. The minimum Gasteiger partial charge on any atom is -0.365 e. The number of likely N-dealkylation sites (N-methyl/N-ethyl adjacent to an activating group) is 1. The van der Waals surface area contributed by atoms with Gasteiger partial charge in [-0.05, 0) is 45.0 Å². The molecule has 1 N–H and O–H groups in total. The fourth-order valence-corrected chi connectivity index (χ4v) is 2.13. The molecular weight excluding hydrogens is 224 g/mol. The summed E-state index contributed by atoms with van der Waals surface area (Å²) < 4.78 is 0. The maximum atomic E-state index is 5.84. The fraction of sp³-hybridized carbons (Fsp3) is 0.636. The van der Waals surface area contributed by atoms with Gasteiger partial charge in [-0.25, -0.2) is 0 Å². The highest BCUT2D eigenvalue weighted by Gasteiger charge is 2.17. The Labute approximate surface area is 101 Å². The molecule has 1 saturated heterocycles. The summed E-state index contributed by atoms with van der Waals surface area (Å²) in [4.78, 5) is 2.33. The third kappa shape index (κ3) is 2.83. The maximum absolute atomic E-state index is 5.84. The Balaban J connectivity index is 2.00. The zero-order valence-corrected chi connectivity index (χ0v) is 10.5. The summed E-state index contributed by atoms with van der Waals surface area (Å²) in [5, 5.41) is 11.8. The molecule has 2 heterocycles. The number of hydrogen-bond donors (Lipinski definition) is 1. The van der Waals surface area contributed by atoms with Crippen molar-refractivity contribution in [1.82, 2.24) is 15.1 Å². The van der Waals surface area contributed by atoms with E-state index >= 15 is 0 Å². The van der Waals surface area contributed by atoms with E-state index in [1.165, 1.54) is 19.4 Å². The standard InChI is InChI=1S/C11H17ClN4/c1-8-6-10(14-15-11(8)12)13-9-4-3-5-16(2)7-9/h6,9H,3-5,7H2,1-2H3,(H,13,14). The van der Waals surface area contributed by atoms with E-state index in [1.807, 2.05) is 13.0 Å². The van der Waals surface area contributed by atoms with Crippen LogP contribution in [0.2, 0.25) is 5.15 Å². The molecule has 2 rings (SSSR count). The number of aromatic nitrogens is 2. The molecule has 1 aromatic rings. The molecule has 88 valence electrons. The average Bonchev–Trinajstić information content (AvgIpc) is 2.24. The number of anilines is 1. The summed E-state index contributed by atoms with van der Waals surface area (Å²) >= 11 is 5.84. The molecule has 1 fully saturated rings. The number of hydrogen-bond acceptors (Lipinski definition) is 4. The molecule has 4 nitrogen and oxygen atoms in total. The van der Waals surface area contributed by atoms with E-state index in [0.717, 1.165) is 17.9 Å². The van der Waals surface area contributed by atoms with Crippen LogP contribution in [0, 0.1) is 6.92 Å². The summed E-state index contributed by atoms with van der Waals surface area (Å²) in [7, 11) is 2.15. The second kappa shape index (κ2) is 4.97. The van der Waals surface area contributed by atoms with Crippen LogP contribution in [-0.2, 0) is 0 Å². The Kier molecular flexibility index (Phi) is 3.61. The monoisotopic (exact) mass is 240 g/mol. The molecule has 0 amide bonds. The molecule has 1 atom stereocenters. The van der Waals surface area contributed by atoms with Gasteiger partial charge in [0, 0.05) is 12.6 Å². The molecule has 1 aliphatic rings. The molecule has 1 aromatic heterocycles. The van der Waals surface area contributed by atoms with Crippen LogP contribution < -0.4 is 5.32 Å². The Bertz CT molecular complexity index is 369. The average molecular weight is 241 g/mol. The normalized spacial score (nSPS) is 22.1. The van der Waals surface area contributed by atoms with Crippen LogP contribution in [0.5, 0.6) is 0 Å². The minimum atomic E-state index is 0.466. The van der Waals surface area contributed by atoms with Gasteiger partial charge in [0.2, 0.25) is 0 Å². The lowest BCUT2D eigenvalue weighted by molar-refractivity contribution is 0.260. The number of likely N-dealkylation sites (tertiary alicyclic amines) is 1. The van der Waals surface area contributed by atoms with Crippen LogP contribution in [0.4, 0.5) is 5.82 Å². The predicted octanol–water partition coefficient (Wildman–Crippen LogP) is 1.94. The third-order valence-corrected chi connectivity index (χ3v) is 3.27. The fourth-order valence-electron chi connectivity index (χ4n) is 2.03. The first kappa shape index (κ1) is 11.6. The van der Waals surface area contributed by atoms with Crippen LogP contribution >= 0.6 is 11.6 Å². The summed E-state index contributed by atoms with van der Waals surface area (Å²) in [5.74, 6) is 0.821. The van der Waals surface area contributed by atoms with Crippen molar-refractivity contribution in [2.75, 3.05) is 25.5 Å². The van der Waals surface area contributed by atoms with Gasteiger partial charge < -0.3 is 10.2 Å². The van der Waals surface area contributed by atoms with E-state index < -0.39 is 0 Å². The van der Waals surface area contributed by atoms with Gasteiger partial charge in [-0.2, -0.15) is 0 Å². The van der Waals surface area contributed by atoms with E-state index in [1.54, 1.807) is 0 Å². The Morgan fingerprint density at radius 3 is 3.00 bits per heavy atom. The largest absolute Gasteiger partial charge is 0.365 e. The quantitative estimate of drug-likeness (QED) is 0.858. The summed E-state index contributed by atoms with van der Waals surface area (Å²) in [5.41, 5.74) is 0.961. The molecule has 0 spiro atoms. The Morgan fingerprint density at radius 1 is 1.50 bits per heavy atom. The van der Waals surface area contributed by atoms with Crippen LogP contribution in [0.3, 0.4) is 0 Å². The van der Waals surface area contributed by atoms with Crippen molar-refractivity contribution >= 4 is 17.4 Å². The molecule has 16 heavy (non-hydrogen) atoms. The topological polar surface area (TPSA) is 41.0 Å². The van der Waals surface area contributed by atoms with Gasteiger partial charge in [-0.15, -0.1) is 10.2 Å². The van der Waals surface area contributed by atoms with Crippen molar-refractivity contribution in [2.24, 2.45) is 0 Å². The summed E-state index contributed by atoms with van der Waals surface area (Å²) in [6.45, 7) is 4.18. The Hall–Kier alpha value is -0.870. The van der Waals surface area contributed by atoms with Crippen molar-refractivity contribution in [3.05, 3.63) is 16.8 Å². The SMILES string of the molecule is Cc1cc(NC2CCCN(C)C2)nnc1Cl. The highest BCUT2D eigenvalue weighted by molar-refractivity contribution is 6.30. The Morgan fingerprint density at radius 2 is 2.31 bits per heavy atom. The lowest BCUT2D eigenvalue weighted by atomic mass is 10.1. The second-order valence-corrected chi connectivity index (χ2v) is 4.81. The zero-order chi connectivity index (χ0) is 11.5. The van der Waals surface area contributed by atoms with Crippen LogP contribution in [0.15, 0.2) is 6.07 Å². The number of piperidine rings is 1. The number of rotatable bonds is 2.